The van der Waals surface area contributed by atoms with Crippen molar-refractivity contribution in [3.63, 3.8) is 0 Å². The SMILES string of the molecule is CC(O)(CNC1CC1)COc1ccc(F)c(Br)c1. The number of halogens is 2. The summed E-state index contributed by atoms with van der Waals surface area (Å²) >= 11 is 3.09. The predicted molar refractivity (Wildman–Crippen MR) is 71.2 cm³/mol. The van der Waals surface area contributed by atoms with Gasteiger partial charge in [-0.1, -0.05) is 0 Å². The molecule has 18 heavy (non-hydrogen) atoms. The van der Waals surface area contributed by atoms with Crippen LogP contribution < -0.4 is 10.1 Å². The first-order valence-electron chi connectivity index (χ1n) is 6.00. The minimum Gasteiger partial charge on any atom is -0.491 e. The number of nitrogens with one attached hydrogen (secondary N) is 1. The lowest BCUT2D eigenvalue weighted by Crippen LogP contribution is -2.43. The van der Waals surface area contributed by atoms with E-state index in [2.05, 4.69) is 21.2 Å². The number of hydrogen-bond donors (Lipinski definition) is 2. The van der Waals surface area contributed by atoms with Crippen molar-refractivity contribution in [2.24, 2.45) is 0 Å². The van der Waals surface area contributed by atoms with E-state index in [1.165, 1.54) is 18.9 Å². The molecule has 0 saturated heterocycles. The summed E-state index contributed by atoms with van der Waals surface area (Å²) in [7, 11) is 0. The maximum absolute atomic E-state index is 13.0. The molecule has 1 atom stereocenters. The Morgan fingerprint density at radius 2 is 2.28 bits per heavy atom. The Morgan fingerprint density at radius 1 is 1.56 bits per heavy atom. The van der Waals surface area contributed by atoms with E-state index in [-0.39, 0.29) is 12.4 Å². The van der Waals surface area contributed by atoms with E-state index < -0.39 is 5.60 Å². The fourth-order valence-corrected chi connectivity index (χ4v) is 1.87. The van der Waals surface area contributed by atoms with Crippen LogP contribution in [0.3, 0.4) is 0 Å². The van der Waals surface area contributed by atoms with E-state index in [4.69, 9.17) is 4.74 Å². The van der Waals surface area contributed by atoms with Crippen LogP contribution in [0.15, 0.2) is 22.7 Å². The highest BCUT2D eigenvalue weighted by Gasteiger charge is 2.27. The molecule has 0 aromatic heterocycles. The van der Waals surface area contributed by atoms with Crippen molar-refractivity contribution in [3.8, 4) is 5.75 Å². The zero-order valence-electron chi connectivity index (χ0n) is 10.2. The van der Waals surface area contributed by atoms with E-state index in [1.807, 2.05) is 0 Å². The van der Waals surface area contributed by atoms with Crippen molar-refractivity contribution in [1.29, 1.82) is 0 Å². The van der Waals surface area contributed by atoms with Gasteiger partial charge in [-0.05, 0) is 53.9 Å². The first-order valence-corrected chi connectivity index (χ1v) is 6.79. The molecule has 2 rings (SSSR count). The Labute approximate surface area is 114 Å². The van der Waals surface area contributed by atoms with Gasteiger partial charge in [-0.3, -0.25) is 0 Å². The van der Waals surface area contributed by atoms with Crippen LogP contribution in [0.2, 0.25) is 0 Å². The maximum atomic E-state index is 13.0. The van der Waals surface area contributed by atoms with Crippen LogP contribution in [-0.2, 0) is 0 Å². The summed E-state index contributed by atoms with van der Waals surface area (Å²) in [6.45, 7) is 2.39. The Balaban J connectivity index is 1.82. The molecule has 0 radical (unpaired) electrons. The highest BCUT2D eigenvalue weighted by Crippen LogP contribution is 2.23. The molecular weight excluding hydrogens is 301 g/mol. The molecule has 1 fully saturated rings. The summed E-state index contributed by atoms with van der Waals surface area (Å²) in [6.07, 6.45) is 2.36. The molecular formula is C13H17BrFNO2. The minimum absolute atomic E-state index is 0.171. The Morgan fingerprint density at radius 3 is 2.89 bits per heavy atom. The van der Waals surface area contributed by atoms with Crippen molar-refractivity contribution in [2.45, 2.75) is 31.4 Å². The standard InChI is InChI=1S/C13H17BrFNO2/c1-13(17,7-16-9-2-3-9)8-18-10-4-5-12(15)11(14)6-10/h4-6,9,16-17H,2-3,7-8H2,1H3. The van der Waals surface area contributed by atoms with Gasteiger partial charge in [-0.25, -0.2) is 4.39 Å². The molecule has 0 amide bonds. The summed E-state index contributed by atoms with van der Waals surface area (Å²) in [5.41, 5.74) is -0.927. The van der Waals surface area contributed by atoms with Gasteiger partial charge < -0.3 is 15.2 Å². The normalized spacial score (nSPS) is 18.4. The van der Waals surface area contributed by atoms with Gasteiger partial charge >= 0.3 is 0 Å². The summed E-state index contributed by atoms with van der Waals surface area (Å²) in [4.78, 5) is 0. The smallest absolute Gasteiger partial charge is 0.137 e. The number of benzene rings is 1. The second-order valence-electron chi connectivity index (χ2n) is 5.02. The zero-order chi connectivity index (χ0) is 13.2. The van der Waals surface area contributed by atoms with E-state index in [0.29, 0.717) is 22.8 Å². The average molecular weight is 318 g/mol. The molecule has 1 aromatic rings. The highest BCUT2D eigenvalue weighted by atomic mass is 79.9. The van der Waals surface area contributed by atoms with Crippen LogP contribution in [-0.4, -0.2) is 29.9 Å². The monoisotopic (exact) mass is 317 g/mol. The van der Waals surface area contributed by atoms with Gasteiger partial charge in [0.05, 0.1) is 4.47 Å². The van der Waals surface area contributed by atoms with Gasteiger partial charge in [0.2, 0.25) is 0 Å². The number of hydrogen-bond acceptors (Lipinski definition) is 3. The van der Waals surface area contributed by atoms with Crippen molar-refractivity contribution in [2.75, 3.05) is 13.2 Å². The summed E-state index contributed by atoms with van der Waals surface area (Å²) in [5, 5.41) is 13.4. The molecule has 1 aliphatic rings. The van der Waals surface area contributed by atoms with Crippen LogP contribution >= 0.6 is 15.9 Å². The van der Waals surface area contributed by atoms with Crippen LogP contribution in [0.5, 0.6) is 5.75 Å². The Bertz CT molecular complexity index is 421. The second kappa shape index (κ2) is 5.55. The molecule has 5 heteroatoms. The number of rotatable bonds is 6. The summed E-state index contributed by atoms with van der Waals surface area (Å²) in [6, 6.07) is 4.98. The van der Waals surface area contributed by atoms with Gasteiger partial charge in [-0.2, -0.15) is 0 Å². The molecule has 2 N–H and O–H groups in total. The van der Waals surface area contributed by atoms with Gasteiger partial charge in [0.15, 0.2) is 0 Å². The van der Waals surface area contributed by atoms with Gasteiger partial charge in [0, 0.05) is 12.6 Å². The molecule has 1 aromatic carbocycles. The molecule has 100 valence electrons. The summed E-state index contributed by atoms with van der Waals surface area (Å²) < 4.78 is 18.9. The molecule has 0 aliphatic heterocycles. The molecule has 0 spiro atoms. The van der Waals surface area contributed by atoms with Crippen molar-refractivity contribution < 1.29 is 14.2 Å². The van der Waals surface area contributed by atoms with Crippen LogP contribution in [0.4, 0.5) is 4.39 Å². The van der Waals surface area contributed by atoms with E-state index in [1.54, 1.807) is 19.1 Å². The third-order valence-electron chi connectivity index (χ3n) is 2.79. The van der Waals surface area contributed by atoms with Gasteiger partial charge in [0.1, 0.15) is 23.8 Å². The topological polar surface area (TPSA) is 41.5 Å². The van der Waals surface area contributed by atoms with Crippen LogP contribution in [0.25, 0.3) is 0 Å². The van der Waals surface area contributed by atoms with E-state index in [9.17, 15) is 9.50 Å². The lowest BCUT2D eigenvalue weighted by Gasteiger charge is -2.24. The molecule has 0 bridgehead atoms. The van der Waals surface area contributed by atoms with Gasteiger partial charge in [-0.15, -0.1) is 0 Å². The quantitative estimate of drug-likeness (QED) is 0.847. The van der Waals surface area contributed by atoms with Gasteiger partial charge in [0.25, 0.3) is 0 Å². The number of aliphatic hydroxyl groups is 1. The molecule has 3 nitrogen and oxygen atoms in total. The predicted octanol–water partition coefficient (Wildman–Crippen LogP) is 2.47. The molecule has 1 saturated carbocycles. The van der Waals surface area contributed by atoms with Crippen LogP contribution in [0.1, 0.15) is 19.8 Å². The fourth-order valence-electron chi connectivity index (χ4n) is 1.51. The van der Waals surface area contributed by atoms with Crippen molar-refractivity contribution in [3.05, 3.63) is 28.5 Å². The van der Waals surface area contributed by atoms with Crippen molar-refractivity contribution in [1.82, 2.24) is 5.32 Å². The summed E-state index contributed by atoms with van der Waals surface area (Å²) in [5.74, 6) is 0.208. The maximum Gasteiger partial charge on any atom is 0.137 e. The largest absolute Gasteiger partial charge is 0.491 e. The number of ether oxygens (including phenoxy) is 1. The third kappa shape index (κ3) is 4.23. The first-order chi connectivity index (χ1) is 8.46. The highest BCUT2D eigenvalue weighted by molar-refractivity contribution is 9.10. The molecule has 1 aliphatic carbocycles. The van der Waals surface area contributed by atoms with E-state index in [0.717, 1.165) is 0 Å². The Kier molecular flexibility index (Phi) is 4.25. The minimum atomic E-state index is -0.927. The molecule has 1 unspecified atom stereocenters. The second-order valence-corrected chi connectivity index (χ2v) is 5.87. The lowest BCUT2D eigenvalue weighted by atomic mass is 10.1. The zero-order valence-corrected chi connectivity index (χ0v) is 11.8. The van der Waals surface area contributed by atoms with Crippen LogP contribution in [0, 0.1) is 5.82 Å². The molecule has 0 heterocycles. The third-order valence-corrected chi connectivity index (χ3v) is 3.40. The lowest BCUT2D eigenvalue weighted by molar-refractivity contribution is 0.0120. The Hall–Kier alpha value is -0.650. The average Bonchev–Trinajstić information content (AvgIpc) is 3.12. The fraction of sp³-hybridized carbons (Fsp3) is 0.538. The van der Waals surface area contributed by atoms with Crippen molar-refractivity contribution >= 4 is 15.9 Å². The van der Waals surface area contributed by atoms with E-state index >= 15 is 0 Å². The first kappa shape index (κ1) is 13.8.